The number of nitrogens with zero attached hydrogens (tertiary/aromatic N) is 9. The summed E-state index contributed by atoms with van der Waals surface area (Å²) in [6.07, 6.45) is 3.88. The van der Waals surface area contributed by atoms with Crippen molar-refractivity contribution >= 4 is 28.6 Å². The van der Waals surface area contributed by atoms with Crippen LogP contribution in [0.25, 0.3) is 11.0 Å². The summed E-state index contributed by atoms with van der Waals surface area (Å²) < 4.78 is 1.90. The summed E-state index contributed by atoms with van der Waals surface area (Å²) in [5, 5.41) is 14.2. The van der Waals surface area contributed by atoms with Crippen LogP contribution < -0.4 is 9.80 Å². The van der Waals surface area contributed by atoms with E-state index in [4.69, 9.17) is 10.1 Å². The quantitative estimate of drug-likeness (QED) is 0.563. The number of fused-ring (bicyclic) bond motifs is 2. The minimum atomic E-state index is -0.0654. The summed E-state index contributed by atoms with van der Waals surface area (Å²) in [6.45, 7) is 11.0. The molecular formula is C24H29N9. The standard InChI is InChI=1S/C24H29N9/c1-16-19-14-31(21-13-26-17-8-6-7-9-18(17)28-21)10-11-32(19)23(27-15-25)33(16)22-12-20(24(2,3)4)29-30(22)5/h6-9,12-13,16,19H,10-11,14H2,1-5H3/b27-23+. The number of hydrogen-bond donors (Lipinski definition) is 0. The first-order valence-electron chi connectivity index (χ1n) is 11.3. The van der Waals surface area contributed by atoms with Gasteiger partial charge in [0.15, 0.2) is 0 Å². The molecule has 170 valence electrons. The molecule has 0 bridgehead atoms. The smallest absolute Gasteiger partial charge is 0.218 e. The van der Waals surface area contributed by atoms with Gasteiger partial charge in [0.05, 0.1) is 35.0 Å². The van der Waals surface area contributed by atoms with Gasteiger partial charge >= 0.3 is 0 Å². The first kappa shape index (κ1) is 21.2. The van der Waals surface area contributed by atoms with Crippen molar-refractivity contribution < 1.29 is 0 Å². The summed E-state index contributed by atoms with van der Waals surface area (Å²) in [7, 11) is 1.95. The Kier molecular flexibility index (Phi) is 4.96. The molecule has 9 heteroatoms. The highest BCUT2D eigenvalue weighted by Crippen LogP contribution is 2.34. The fraction of sp³-hybridized carbons (Fsp3) is 0.458. The van der Waals surface area contributed by atoms with E-state index in [0.29, 0.717) is 5.96 Å². The van der Waals surface area contributed by atoms with Gasteiger partial charge < -0.3 is 9.80 Å². The third-order valence-corrected chi connectivity index (χ3v) is 6.64. The lowest BCUT2D eigenvalue weighted by atomic mass is 9.92. The van der Waals surface area contributed by atoms with Gasteiger partial charge in [-0.15, -0.1) is 4.99 Å². The van der Waals surface area contributed by atoms with Crippen molar-refractivity contribution in [3.63, 3.8) is 0 Å². The fourth-order valence-electron chi connectivity index (χ4n) is 4.79. The Morgan fingerprint density at radius 3 is 2.61 bits per heavy atom. The number of aromatic nitrogens is 4. The minimum absolute atomic E-state index is 0.0654. The number of guanidine groups is 1. The zero-order chi connectivity index (χ0) is 23.3. The second-order valence-electron chi connectivity index (χ2n) is 9.81. The molecule has 5 rings (SSSR count). The Morgan fingerprint density at radius 2 is 1.91 bits per heavy atom. The zero-order valence-electron chi connectivity index (χ0n) is 19.8. The molecule has 0 saturated carbocycles. The zero-order valence-corrected chi connectivity index (χ0v) is 19.8. The number of para-hydroxylation sites is 2. The number of piperazine rings is 1. The van der Waals surface area contributed by atoms with E-state index in [0.717, 1.165) is 48.0 Å². The minimum Gasteiger partial charge on any atom is -0.351 e. The lowest BCUT2D eigenvalue weighted by molar-refractivity contribution is 0.288. The number of hydrogen-bond acceptors (Lipinski definition) is 6. The number of benzene rings is 1. The molecule has 2 atom stereocenters. The predicted octanol–water partition coefficient (Wildman–Crippen LogP) is 2.90. The predicted molar refractivity (Wildman–Crippen MR) is 129 cm³/mol. The van der Waals surface area contributed by atoms with Gasteiger partial charge in [-0.3, -0.25) is 14.6 Å². The van der Waals surface area contributed by atoms with Crippen LogP contribution in [0.15, 0.2) is 41.5 Å². The van der Waals surface area contributed by atoms with Crippen LogP contribution in [0.4, 0.5) is 11.6 Å². The highest BCUT2D eigenvalue weighted by atomic mass is 15.5. The number of rotatable bonds is 2. The van der Waals surface area contributed by atoms with E-state index in [9.17, 15) is 5.26 Å². The Bertz CT molecular complexity index is 1260. The molecule has 2 aliphatic rings. The van der Waals surface area contributed by atoms with Crippen LogP contribution in [0.5, 0.6) is 0 Å². The second-order valence-corrected chi connectivity index (χ2v) is 9.81. The van der Waals surface area contributed by atoms with Gasteiger partial charge in [0.1, 0.15) is 11.6 Å². The van der Waals surface area contributed by atoms with Crippen molar-refractivity contribution in [2.24, 2.45) is 12.0 Å². The van der Waals surface area contributed by atoms with Crippen molar-refractivity contribution in [1.82, 2.24) is 24.6 Å². The van der Waals surface area contributed by atoms with E-state index in [1.807, 2.05) is 48.4 Å². The Balaban J connectivity index is 1.48. The van der Waals surface area contributed by atoms with E-state index in [2.05, 4.69) is 58.4 Å². The van der Waals surface area contributed by atoms with E-state index in [1.54, 1.807) is 0 Å². The van der Waals surface area contributed by atoms with Crippen LogP contribution in [0.1, 0.15) is 33.4 Å². The summed E-state index contributed by atoms with van der Waals surface area (Å²) in [5.41, 5.74) is 2.75. The van der Waals surface area contributed by atoms with Gasteiger partial charge in [-0.25, -0.2) is 4.98 Å². The molecule has 0 amide bonds. The van der Waals surface area contributed by atoms with Crippen LogP contribution in [0.3, 0.4) is 0 Å². The van der Waals surface area contributed by atoms with Crippen LogP contribution in [-0.2, 0) is 12.5 Å². The van der Waals surface area contributed by atoms with Crippen molar-refractivity contribution in [2.45, 2.75) is 45.2 Å². The Hall–Kier alpha value is -3.67. The largest absolute Gasteiger partial charge is 0.351 e. The van der Waals surface area contributed by atoms with Gasteiger partial charge in [-0.05, 0) is 19.1 Å². The molecule has 0 spiro atoms. The normalized spacial score (nSPS) is 22.2. The van der Waals surface area contributed by atoms with Crippen molar-refractivity contribution in [3.05, 3.63) is 42.2 Å². The highest BCUT2D eigenvalue weighted by Gasteiger charge is 2.46. The number of nitriles is 1. The van der Waals surface area contributed by atoms with Crippen LogP contribution in [0.2, 0.25) is 0 Å². The molecular weight excluding hydrogens is 414 g/mol. The van der Waals surface area contributed by atoms with Gasteiger partial charge in [-0.1, -0.05) is 32.9 Å². The van der Waals surface area contributed by atoms with Gasteiger partial charge in [-0.2, -0.15) is 10.4 Å². The maximum absolute atomic E-state index is 9.46. The Morgan fingerprint density at radius 1 is 1.15 bits per heavy atom. The maximum Gasteiger partial charge on any atom is 0.218 e. The van der Waals surface area contributed by atoms with Crippen molar-refractivity contribution in [1.29, 1.82) is 5.26 Å². The van der Waals surface area contributed by atoms with E-state index < -0.39 is 0 Å². The van der Waals surface area contributed by atoms with Crippen molar-refractivity contribution in [3.8, 4) is 6.19 Å². The lowest BCUT2D eigenvalue weighted by Crippen LogP contribution is -2.54. The monoisotopic (exact) mass is 443 g/mol. The van der Waals surface area contributed by atoms with E-state index in [1.165, 1.54) is 0 Å². The topological polar surface area (TPSA) is 89.5 Å². The molecule has 9 nitrogen and oxygen atoms in total. The van der Waals surface area contributed by atoms with Crippen molar-refractivity contribution in [2.75, 3.05) is 29.4 Å². The fourth-order valence-corrected chi connectivity index (χ4v) is 4.79. The molecule has 4 heterocycles. The molecule has 2 unspecified atom stereocenters. The molecule has 33 heavy (non-hydrogen) atoms. The molecule has 0 aliphatic carbocycles. The SMILES string of the molecule is CC1C2CN(c3cnc4ccccc4n3)CCN2/C(=N\C#N)N1c1cc(C(C)(C)C)nn1C. The van der Waals surface area contributed by atoms with Gasteiger partial charge in [0, 0.05) is 38.2 Å². The summed E-state index contributed by atoms with van der Waals surface area (Å²) in [4.78, 5) is 20.4. The van der Waals surface area contributed by atoms with Crippen LogP contribution in [0, 0.1) is 11.5 Å². The second kappa shape index (κ2) is 7.73. The molecule has 0 radical (unpaired) electrons. The maximum atomic E-state index is 9.46. The first-order valence-corrected chi connectivity index (χ1v) is 11.3. The lowest BCUT2D eigenvalue weighted by Gasteiger charge is -2.38. The summed E-state index contributed by atoms with van der Waals surface area (Å²) >= 11 is 0. The van der Waals surface area contributed by atoms with E-state index >= 15 is 0 Å². The van der Waals surface area contributed by atoms with Crippen LogP contribution >= 0.6 is 0 Å². The van der Waals surface area contributed by atoms with Crippen LogP contribution in [-0.4, -0.2) is 62.3 Å². The average Bonchev–Trinajstić information content (AvgIpc) is 3.31. The molecule has 2 saturated heterocycles. The molecule has 2 aliphatic heterocycles. The summed E-state index contributed by atoms with van der Waals surface area (Å²) in [6, 6.07) is 10.3. The third-order valence-electron chi connectivity index (χ3n) is 6.64. The molecule has 0 N–H and O–H groups in total. The first-order chi connectivity index (χ1) is 15.8. The van der Waals surface area contributed by atoms with Gasteiger partial charge in [0.2, 0.25) is 12.2 Å². The third kappa shape index (κ3) is 3.55. The number of aryl methyl sites for hydroxylation is 1. The summed E-state index contributed by atoms with van der Waals surface area (Å²) in [5.74, 6) is 2.53. The highest BCUT2D eigenvalue weighted by molar-refractivity contribution is 5.99. The molecule has 2 aromatic heterocycles. The molecule has 2 fully saturated rings. The average molecular weight is 444 g/mol. The Labute approximate surface area is 194 Å². The van der Waals surface area contributed by atoms with E-state index in [-0.39, 0.29) is 17.5 Å². The molecule has 3 aromatic rings. The number of anilines is 2. The number of aliphatic imine (C=N–C) groups is 1. The van der Waals surface area contributed by atoms with Gasteiger partial charge in [0.25, 0.3) is 0 Å². The molecule has 1 aromatic carbocycles.